The maximum atomic E-state index is 12.7. The zero-order valence-electron chi connectivity index (χ0n) is 13.2. The van der Waals surface area contributed by atoms with Crippen molar-refractivity contribution in [2.24, 2.45) is 0 Å². The molecule has 0 saturated heterocycles. The van der Waals surface area contributed by atoms with E-state index in [1.165, 1.54) is 12.1 Å². The lowest BCUT2D eigenvalue weighted by Crippen LogP contribution is -2.21. The molecule has 0 fully saturated rings. The minimum Gasteiger partial charge on any atom is -0.361 e. The van der Waals surface area contributed by atoms with Gasteiger partial charge in [-0.1, -0.05) is 32.0 Å². The second-order valence-electron chi connectivity index (χ2n) is 6.25. The summed E-state index contributed by atoms with van der Waals surface area (Å²) in [5, 5.41) is 6.36. The molecule has 7 heteroatoms. The largest absolute Gasteiger partial charge is 0.416 e. The standard InChI is InChI=1S/C16H17F3N2O2/c1-9-12(13(21-23-9)15(2,3)4)14(22)20-11-7-5-6-10(8-11)16(17,18)19/h5-8H,1-4H3,(H,20,22). The van der Waals surface area contributed by atoms with Crippen LogP contribution in [0, 0.1) is 6.92 Å². The van der Waals surface area contributed by atoms with Crippen LogP contribution in [-0.2, 0) is 11.6 Å². The first-order valence-electron chi connectivity index (χ1n) is 6.95. The molecule has 1 amide bonds. The molecule has 2 rings (SSSR count). The number of aryl methyl sites for hydroxylation is 1. The van der Waals surface area contributed by atoms with Crippen LogP contribution >= 0.6 is 0 Å². The highest BCUT2D eigenvalue weighted by Crippen LogP contribution is 2.31. The minimum atomic E-state index is -4.47. The Morgan fingerprint density at radius 2 is 1.87 bits per heavy atom. The van der Waals surface area contributed by atoms with Crippen LogP contribution in [0.1, 0.15) is 48.1 Å². The third-order valence-corrected chi connectivity index (χ3v) is 3.25. The number of halogens is 3. The number of amides is 1. The van der Waals surface area contributed by atoms with E-state index in [1.807, 2.05) is 20.8 Å². The molecule has 0 radical (unpaired) electrons. The molecular formula is C16H17F3N2O2. The van der Waals surface area contributed by atoms with Crippen molar-refractivity contribution in [3.63, 3.8) is 0 Å². The van der Waals surface area contributed by atoms with Crippen LogP contribution in [0.5, 0.6) is 0 Å². The van der Waals surface area contributed by atoms with Gasteiger partial charge in [-0.2, -0.15) is 13.2 Å². The Morgan fingerprint density at radius 1 is 1.22 bits per heavy atom. The number of nitrogens with zero attached hydrogens (tertiary/aromatic N) is 1. The predicted octanol–water partition coefficient (Wildman–Crippen LogP) is 4.55. The van der Waals surface area contributed by atoms with E-state index in [9.17, 15) is 18.0 Å². The molecule has 124 valence electrons. The van der Waals surface area contributed by atoms with Crippen molar-refractivity contribution < 1.29 is 22.5 Å². The summed E-state index contributed by atoms with van der Waals surface area (Å²) < 4.78 is 43.2. The minimum absolute atomic E-state index is 0.0604. The van der Waals surface area contributed by atoms with E-state index in [4.69, 9.17) is 4.52 Å². The zero-order chi connectivity index (χ0) is 17.4. The van der Waals surface area contributed by atoms with Gasteiger partial charge in [0, 0.05) is 11.1 Å². The van der Waals surface area contributed by atoms with E-state index in [0.717, 1.165) is 12.1 Å². The second-order valence-corrected chi connectivity index (χ2v) is 6.25. The van der Waals surface area contributed by atoms with Crippen molar-refractivity contribution in [3.05, 3.63) is 46.8 Å². The Labute approximate surface area is 131 Å². The average molecular weight is 326 g/mol. The van der Waals surface area contributed by atoms with Crippen molar-refractivity contribution >= 4 is 11.6 Å². The smallest absolute Gasteiger partial charge is 0.361 e. The maximum Gasteiger partial charge on any atom is 0.416 e. The van der Waals surface area contributed by atoms with E-state index in [0.29, 0.717) is 11.5 Å². The number of nitrogens with one attached hydrogen (secondary N) is 1. The van der Waals surface area contributed by atoms with Gasteiger partial charge in [0.1, 0.15) is 17.0 Å². The molecular weight excluding hydrogens is 309 g/mol. The number of carbonyl (C=O) groups excluding carboxylic acids is 1. The maximum absolute atomic E-state index is 12.7. The number of aromatic nitrogens is 1. The van der Waals surface area contributed by atoms with Crippen LogP contribution in [-0.4, -0.2) is 11.1 Å². The van der Waals surface area contributed by atoms with Crippen LogP contribution in [0.3, 0.4) is 0 Å². The van der Waals surface area contributed by atoms with Crippen LogP contribution in [0.4, 0.5) is 18.9 Å². The van der Waals surface area contributed by atoms with Gasteiger partial charge >= 0.3 is 6.18 Å². The molecule has 23 heavy (non-hydrogen) atoms. The van der Waals surface area contributed by atoms with Gasteiger partial charge in [-0.25, -0.2) is 0 Å². The quantitative estimate of drug-likeness (QED) is 0.881. The Balaban J connectivity index is 2.33. The molecule has 1 heterocycles. The lowest BCUT2D eigenvalue weighted by molar-refractivity contribution is -0.137. The third kappa shape index (κ3) is 3.72. The van der Waals surface area contributed by atoms with Crippen LogP contribution < -0.4 is 5.32 Å². The van der Waals surface area contributed by atoms with Crippen LogP contribution in [0.15, 0.2) is 28.8 Å². The molecule has 2 aromatic rings. The fraction of sp³-hybridized carbons (Fsp3) is 0.375. The van der Waals surface area contributed by atoms with Gasteiger partial charge in [-0.15, -0.1) is 0 Å². The Bertz CT molecular complexity index is 728. The zero-order valence-corrected chi connectivity index (χ0v) is 13.2. The van der Waals surface area contributed by atoms with Crippen LogP contribution in [0.2, 0.25) is 0 Å². The Morgan fingerprint density at radius 3 is 2.43 bits per heavy atom. The summed E-state index contributed by atoms with van der Waals surface area (Å²) in [5.41, 5.74) is -0.494. The SMILES string of the molecule is Cc1onc(C(C)(C)C)c1C(=O)Nc1cccc(C(F)(F)F)c1. The van der Waals surface area contributed by atoms with Gasteiger partial charge in [-0.05, 0) is 25.1 Å². The molecule has 0 aliphatic heterocycles. The summed E-state index contributed by atoms with van der Waals surface area (Å²) >= 11 is 0. The molecule has 0 atom stereocenters. The molecule has 0 unspecified atom stereocenters. The van der Waals surface area contributed by atoms with Gasteiger partial charge in [0.05, 0.1) is 5.56 Å². The molecule has 1 aromatic heterocycles. The van der Waals surface area contributed by atoms with E-state index < -0.39 is 23.1 Å². The molecule has 4 nitrogen and oxygen atoms in total. The molecule has 0 aliphatic rings. The summed E-state index contributed by atoms with van der Waals surface area (Å²) in [5.74, 6) is -0.229. The number of benzene rings is 1. The first-order valence-corrected chi connectivity index (χ1v) is 6.95. The molecule has 0 saturated carbocycles. The number of rotatable bonds is 2. The number of alkyl halides is 3. The van der Waals surface area contributed by atoms with E-state index in [-0.39, 0.29) is 11.3 Å². The van der Waals surface area contributed by atoms with Gasteiger partial charge < -0.3 is 9.84 Å². The summed E-state index contributed by atoms with van der Waals surface area (Å²) in [4.78, 5) is 12.4. The molecule has 0 spiro atoms. The second kappa shape index (κ2) is 5.72. The number of carbonyl (C=O) groups is 1. The normalized spacial score (nSPS) is 12.3. The summed E-state index contributed by atoms with van der Waals surface area (Å²) in [6.45, 7) is 7.19. The molecule has 1 N–H and O–H groups in total. The van der Waals surface area contributed by atoms with Gasteiger partial charge in [0.2, 0.25) is 0 Å². The number of hydrogen-bond acceptors (Lipinski definition) is 3. The van der Waals surface area contributed by atoms with Crippen LogP contribution in [0.25, 0.3) is 0 Å². The lowest BCUT2D eigenvalue weighted by Gasteiger charge is -2.16. The van der Waals surface area contributed by atoms with Gasteiger partial charge in [0.25, 0.3) is 5.91 Å². The first kappa shape index (κ1) is 17.1. The highest BCUT2D eigenvalue weighted by molar-refractivity contribution is 6.05. The average Bonchev–Trinajstić information content (AvgIpc) is 2.80. The summed E-state index contributed by atoms with van der Waals surface area (Å²) in [6, 6.07) is 4.47. The lowest BCUT2D eigenvalue weighted by atomic mass is 9.88. The van der Waals surface area contributed by atoms with Crippen molar-refractivity contribution in [1.82, 2.24) is 5.16 Å². The number of hydrogen-bond donors (Lipinski definition) is 1. The van der Waals surface area contributed by atoms with E-state index >= 15 is 0 Å². The van der Waals surface area contributed by atoms with E-state index in [2.05, 4.69) is 10.5 Å². The summed E-state index contributed by atoms with van der Waals surface area (Å²) in [6.07, 6.45) is -4.47. The molecule has 0 aliphatic carbocycles. The fourth-order valence-electron chi connectivity index (χ4n) is 2.12. The van der Waals surface area contributed by atoms with Gasteiger partial charge in [0.15, 0.2) is 0 Å². The third-order valence-electron chi connectivity index (χ3n) is 3.25. The van der Waals surface area contributed by atoms with Crippen molar-refractivity contribution in [2.45, 2.75) is 39.3 Å². The van der Waals surface area contributed by atoms with Crippen molar-refractivity contribution in [1.29, 1.82) is 0 Å². The van der Waals surface area contributed by atoms with E-state index in [1.54, 1.807) is 6.92 Å². The first-order chi connectivity index (χ1) is 10.5. The highest BCUT2D eigenvalue weighted by Gasteiger charge is 2.31. The molecule has 0 bridgehead atoms. The molecule has 1 aromatic carbocycles. The Kier molecular flexibility index (Phi) is 4.24. The summed E-state index contributed by atoms with van der Waals surface area (Å²) in [7, 11) is 0. The van der Waals surface area contributed by atoms with Crippen molar-refractivity contribution in [3.8, 4) is 0 Å². The number of anilines is 1. The fourth-order valence-corrected chi connectivity index (χ4v) is 2.12. The monoisotopic (exact) mass is 326 g/mol. The topological polar surface area (TPSA) is 55.1 Å². The van der Waals surface area contributed by atoms with Crippen molar-refractivity contribution in [2.75, 3.05) is 5.32 Å². The van der Waals surface area contributed by atoms with Gasteiger partial charge in [-0.3, -0.25) is 4.79 Å². The predicted molar refractivity (Wildman–Crippen MR) is 79.3 cm³/mol. The Hall–Kier alpha value is -2.31. The highest BCUT2D eigenvalue weighted by atomic mass is 19.4.